The number of nitrogens with one attached hydrogen (secondary N) is 1. The zero-order valence-corrected chi connectivity index (χ0v) is 18.7. The number of carbonyl (C=O) groups is 1. The Balaban J connectivity index is 2.05. The lowest BCUT2D eigenvalue weighted by Crippen LogP contribution is -2.48. The van der Waals surface area contributed by atoms with Gasteiger partial charge in [-0.3, -0.25) is 9.10 Å². The van der Waals surface area contributed by atoms with Crippen molar-refractivity contribution in [3.8, 4) is 5.75 Å². The number of rotatable bonds is 9. The number of nitrogens with zero attached hydrogens (tertiary/aromatic N) is 1. The monoisotopic (exact) mass is 438 g/mol. The number of aryl methyl sites for hydroxylation is 2. The van der Waals surface area contributed by atoms with Gasteiger partial charge in [-0.15, -0.1) is 0 Å². The topological polar surface area (TPSA) is 75.7 Å². The molecule has 0 aliphatic heterocycles. The summed E-state index contributed by atoms with van der Waals surface area (Å²) in [5.41, 5.74) is 2.18. The second kappa shape index (κ2) is 9.98. The van der Waals surface area contributed by atoms with Crippen LogP contribution in [0.4, 0.5) is 5.69 Å². The molecule has 8 heteroatoms. The summed E-state index contributed by atoms with van der Waals surface area (Å²) in [7, 11) is -2.06. The van der Waals surface area contributed by atoms with E-state index in [9.17, 15) is 13.2 Å². The van der Waals surface area contributed by atoms with Crippen molar-refractivity contribution in [1.29, 1.82) is 0 Å². The van der Waals surface area contributed by atoms with E-state index in [0.29, 0.717) is 23.7 Å². The van der Waals surface area contributed by atoms with Crippen LogP contribution in [-0.2, 0) is 21.2 Å². The second-order valence-corrected chi connectivity index (χ2v) is 9.17. The van der Waals surface area contributed by atoms with Gasteiger partial charge in [-0.1, -0.05) is 35.9 Å². The molecule has 1 N–H and O–H groups in total. The van der Waals surface area contributed by atoms with Crippen molar-refractivity contribution < 1.29 is 17.9 Å². The van der Waals surface area contributed by atoms with Crippen LogP contribution in [0.25, 0.3) is 0 Å². The van der Waals surface area contributed by atoms with E-state index in [1.54, 1.807) is 39.2 Å². The Morgan fingerprint density at radius 3 is 2.59 bits per heavy atom. The van der Waals surface area contributed by atoms with Gasteiger partial charge in [0.1, 0.15) is 11.8 Å². The molecule has 6 nitrogen and oxygen atoms in total. The van der Waals surface area contributed by atoms with Gasteiger partial charge in [0.05, 0.1) is 19.1 Å². The van der Waals surface area contributed by atoms with Crippen molar-refractivity contribution in [3.05, 3.63) is 58.6 Å². The Bertz CT molecular complexity index is 963. The van der Waals surface area contributed by atoms with Gasteiger partial charge in [-0.2, -0.15) is 0 Å². The largest absolute Gasteiger partial charge is 0.496 e. The number of anilines is 1. The Hall–Kier alpha value is -2.25. The number of ether oxygens (including phenoxy) is 1. The Kier molecular flexibility index (Phi) is 7.93. The molecule has 0 aromatic heterocycles. The molecule has 0 saturated heterocycles. The second-order valence-electron chi connectivity index (χ2n) is 6.87. The number of hydrogen-bond acceptors (Lipinski definition) is 4. The summed E-state index contributed by atoms with van der Waals surface area (Å²) in [6.45, 7) is 3.77. The van der Waals surface area contributed by atoms with Crippen molar-refractivity contribution in [3.63, 3.8) is 0 Å². The number of amides is 1. The molecule has 1 amide bonds. The number of benzene rings is 2. The van der Waals surface area contributed by atoms with Crippen LogP contribution in [0.2, 0.25) is 5.02 Å². The molecule has 0 spiro atoms. The minimum atomic E-state index is -3.69. The molecule has 0 heterocycles. The Morgan fingerprint density at radius 2 is 1.93 bits per heavy atom. The Labute approximate surface area is 177 Å². The molecule has 0 unspecified atom stereocenters. The van der Waals surface area contributed by atoms with Gasteiger partial charge >= 0.3 is 0 Å². The molecular weight excluding hydrogens is 412 g/mol. The Morgan fingerprint density at radius 1 is 1.24 bits per heavy atom. The fourth-order valence-corrected chi connectivity index (χ4v) is 4.54. The fraction of sp³-hybridized carbons (Fsp3) is 0.381. The first kappa shape index (κ1) is 23.0. The van der Waals surface area contributed by atoms with E-state index in [2.05, 4.69) is 5.32 Å². The first-order valence-corrected chi connectivity index (χ1v) is 11.5. The van der Waals surface area contributed by atoms with Gasteiger partial charge in [-0.25, -0.2) is 8.42 Å². The third kappa shape index (κ3) is 6.11. The summed E-state index contributed by atoms with van der Waals surface area (Å²) >= 11 is 6.05. The van der Waals surface area contributed by atoms with E-state index in [0.717, 1.165) is 33.9 Å². The maximum absolute atomic E-state index is 12.7. The molecule has 2 aromatic rings. The summed E-state index contributed by atoms with van der Waals surface area (Å²) in [5.74, 6) is 0.446. The molecule has 0 radical (unpaired) electrons. The summed E-state index contributed by atoms with van der Waals surface area (Å²) < 4.78 is 31.3. The summed E-state index contributed by atoms with van der Waals surface area (Å²) in [4.78, 5) is 12.7. The van der Waals surface area contributed by atoms with E-state index in [-0.39, 0.29) is 5.91 Å². The van der Waals surface area contributed by atoms with Gasteiger partial charge in [0, 0.05) is 11.6 Å². The van der Waals surface area contributed by atoms with Crippen LogP contribution < -0.4 is 14.4 Å². The van der Waals surface area contributed by atoms with Crippen LogP contribution in [0.1, 0.15) is 24.5 Å². The standard InChI is InChI=1S/C21H27ClN2O4S/c1-15-11-12-18(22)14-19(15)24(29(4,26)27)16(2)21(25)23-13-7-9-17-8-5-6-10-20(17)28-3/h5-6,8,10-12,14,16H,7,9,13H2,1-4H3,(H,23,25)/t16-/m1/s1. The van der Waals surface area contributed by atoms with Gasteiger partial charge in [0.15, 0.2) is 0 Å². The van der Waals surface area contributed by atoms with Crippen molar-refractivity contribution in [2.75, 3.05) is 24.2 Å². The predicted octanol–water partition coefficient (Wildman–Crippen LogP) is 3.56. The smallest absolute Gasteiger partial charge is 0.243 e. The number of para-hydroxylation sites is 1. The van der Waals surface area contributed by atoms with Crippen LogP contribution in [0.5, 0.6) is 5.75 Å². The average Bonchev–Trinajstić information content (AvgIpc) is 2.67. The summed E-state index contributed by atoms with van der Waals surface area (Å²) in [6, 6.07) is 11.8. The first-order valence-electron chi connectivity index (χ1n) is 9.30. The molecule has 2 rings (SSSR count). The quantitative estimate of drug-likeness (QED) is 0.607. The van der Waals surface area contributed by atoms with Gasteiger partial charge < -0.3 is 10.1 Å². The minimum Gasteiger partial charge on any atom is -0.496 e. The average molecular weight is 439 g/mol. The molecule has 0 saturated carbocycles. The minimum absolute atomic E-state index is 0.366. The number of halogens is 1. The third-order valence-electron chi connectivity index (χ3n) is 4.61. The number of sulfonamides is 1. The van der Waals surface area contributed by atoms with Crippen LogP contribution in [-0.4, -0.2) is 40.3 Å². The summed E-state index contributed by atoms with van der Waals surface area (Å²) in [5, 5.41) is 3.23. The van der Waals surface area contributed by atoms with Crippen LogP contribution >= 0.6 is 11.6 Å². The summed E-state index contributed by atoms with van der Waals surface area (Å²) in [6.07, 6.45) is 2.52. The highest BCUT2D eigenvalue weighted by Gasteiger charge is 2.30. The highest BCUT2D eigenvalue weighted by atomic mass is 35.5. The van der Waals surface area contributed by atoms with Gasteiger partial charge in [0.2, 0.25) is 15.9 Å². The zero-order chi connectivity index (χ0) is 21.6. The van der Waals surface area contributed by atoms with Crippen LogP contribution in [0.3, 0.4) is 0 Å². The number of methoxy groups -OCH3 is 1. The van der Waals surface area contributed by atoms with E-state index in [1.165, 1.54) is 0 Å². The first-order chi connectivity index (χ1) is 13.6. The molecular formula is C21H27ClN2O4S. The van der Waals surface area contributed by atoms with E-state index in [4.69, 9.17) is 16.3 Å². The van der Waals surface area contributed by atoms with Crippen LogP contribution in [0, 0.1) is 6.92 Å². The van der Waals surface area contributed by atoms with Crippen molar-refractivity contribution >= 4 is 33.2 Å². The molecule has 0 aliphatic rings. The third-order valence-corrected chi connectivity index (χ3v) is 6.07. The lowest BCUT2D eigenvalue weighted by Gasteiger charge is -2.29. The highest BCUT2D eigenvalue weighted by molar-refractivity contribution is 7.92. The molecule has 29 heavy (non-hydrogen) atoms. The maximum atomic E-state index is 12.7. The van der Waals surface area contributed by atoms with Crippen molar-refractivity contribution in [2.45, 2.75) is 32.7 Å². The number of hydrogen-bond donors (Lipinski definition) is 1. The molecule has 1 atom stereocenters. The molecule has 0 aliphatic carbocycles. The predicted molar refractivity (Wildman–Crippen MR) is 117 cm³/mol. The van der Waals surface area contributed by atoms with Gasteiger partial charge in [0.25, 0.3) is 0 Å². The zero-order valence-electron chi connectivity index (χ0n) is 17.1. The fourth-order valence-electron chi connectivity index (χ4n) is 3.15. The van der Waals surface area contributed by atoms with E-state index < -0.39 is 16.1 Å². The molecule has 2 aromatic carbocycles. The SMILES string of the molecule is COc1ccccc1CCCNC(=O)[C@@H](C)N(c1cc(Cl)ccc1C)S(C)(=O)=O. The number of carbonyl (C=O) groups excluding carboxylic acids is 1. The molecule has 158 valence electrons. The van der Waals surface area contributed by atoms with Crippen molar-refractivity contribution in [2.24, 2.45) is 0 Å². The van der Waals surface area contributed by atoms with Gasteiger partial charge in [-0.05, 0) is 56.0 Å². The highest BCUT2D eigenvalue weighted by Crippen LogP contribution is 2.28. The van der Waals surface area contributed by atoms with Crippen molar-refractivity contribution in [1.82, 2.24) is 5.32 Å². The lowest BCUT2D eigenvalue weighted by atomic mass is 10.1. The van der Waals surface area contributed by atoms with E-state index in [1.807, 2.05) is 24.3 Å². The normalized spacial score (nSPS) is 12.3. The molecule has 0 fully saturated rings. The molecule has 0 bridgehead atoms. The maximum Gasteiger partial charge on any atom is 0.243 e. The lowest BCUT2D eigenvalue weighted by molar-refractivity contribution is -0.121. The van der Waals surface area contributed by atoms with Crippen LogP contribution in [0.15, 0.2) is 42.5 Å². The van der Waals surface area contributed by atoms with E-state index >= 15 is 0 Å².